The molecule has 204 valence electrons. The molecule has 0 aliphatic carbocycles. The molecule has 0 saturated carbocycles. The Hall–Kier alpha value is -2.03. The first-order valence-corrected chi connectivity index (χ1v) is 13.5. The second-order valence-corrected chi connectivity index (χ2v) is 10.2. The van der Waals surface area contributed by atoms with E-state index in [1.54, 1.807) is 13.2 Å². The number of methoxy groups -OCH3 is 1. The summed E-state index contributed by atoms with van der Waals surface area (Å²) in [7, 11) is 1.62. The van der Waals surface area contributed by atoms with Gasteiger partial charge in [-0.05, 0) is 48.2 Å². The maximum atomic E-state index is 15.0. The Kier molecular flexibility index (Phi) is 9.24. The van der Waals surface area contributed by atoms with Crippen molar-refractivity contribution in [3.63, 3.8) is 0 Å². The summed E-state index contributed by atoms with van der Waals surface area (Å²) in [6, 6.07) is 12.6. The van der Waals surface area contributed by atoms with E-state index in [2.05, 4.69) is 13.8 Å². The van der Waals surface area contributed by atoms with Crippen LogP contribution in [0.15, 0.2) is 42.5 Å². The van der Waals surface area contributed by atoms with E-state index in [4.69, 9.17) is 23.7 Å². The topological polar surface area (TPSA) is 66.4 Å². The Labute approximate surface area is 220 Å². The summed E-state index contributed by atoms with van der Waals surface area (Å²) in [5, 5.41) is 10.5. The summed E-state index contributed by atoms with van der Waals surface area (Å²) in [6.07, 6.45) is 3.31. The molecule has 5 atom stereocenters. The van der Waals surface area contributed by atoms with Gasteiger partial charge >= 0.3 is 0 Å². The van der Waals surface area contributed by atoms with E-state index in [0.29, 0.717) is 30.8 Å². The van der Waals surface area contributed by atoms with Gasteiger partial charge < -0.3 is 28.8 Å². The van der Waals surface area contributed by atoms with Crippen molar-refractivity contribution in [2.75, 3.05) is 33.5 Å². The van der Waals surface area contributed by atoms with Gasteiger partial charge in [-0.15, -0.1) is 0 Å². The van der Waals surface area contributed by atoms with Gasteiger partial charge in [-0.3, -0.25) is 0 Å². The van der Waals surface area contributed by atoms with Crippen LogP contribution in [0.4, 0.5) is 4.39 Å². The third-order valence-electron chi connectivity index (χ3n) is 7.75. The van der Waals surface area contributed by atoms with Gasteiger partial charge in [0.2, 0.25) is 5.79 Å². The molecular formula is C30H41FO6. The van der Waals surface area contributed by atoms with Crippen molar-refractivity contribution < 1.29 is 33.2 Å². The number of benzene rings is 2. The lowest BCUT2D eigenvalue weighted by atomic mass is 9.78. The van der Waals surface area contributed by atoms with E-state index >= 15 is 4.39 Å². The molecule has 2 aliphatic rings. The molecular weight excluding hydrogens is 475 g/mol. The van der Waals surface area contributed by atoms with Crippen LogP contribution in [-0.4, -0.2) is 56.5 Å². The lowest BCUT2D eigenvalue weighted by molar-refractivity contribution is -0.333. The van der Waals surface area contributed by atoms with Crippen LogP contribution in [0.25, 0.3) is 0 Å². The SMILES string of the molecule is CCCCOC1[C@@H](OCCCC)[C@H](C)C2(CO)COC1(c1ccc(F)c(Cc3ccc(OC)cc3)c1)O2. The normalized spacial score (nSPS) is 29.0. The van der Waals surface area contributed by atoms with Crippen molar-refractivity contribution >= 4 is 0 Å². The molecule has 2 aromatic rings. The lowest BCUT2D eigenvalue weighted by Gasteiger charge is -2.50. The number of unbranched alkanes of at least 4 members (excludes halogenated alkanes) is 2. The Bertz CT molecular complexity index is 1010. The lowest BCUT2D eigenvalue weighted by Crippen LogP contribution is -2.63. The molecule has 0 radical (unpaired) electrons. The monoisotopic (exact) mass is 516 g/mol. The summed E-state index contributed by atoms with van der Waals surface area (Å²) in [6.45, 7) is 7.38. The predicted molar refractivity (Wildman–Crippen MR) is 139 cm³/mol. The minimum atomic E-state index is -1.30. The molecule has 7 heteroatoms. The van der Waals surface area contributed by atoms with E-state index in [-0.39, 0.29) is 31.1 Å². The van der Waals surface area contributed by atoms with E-state index in [1.165, 1.54) is 6.07 Å². The highest BCUT2D eigenvalue weighted by Crippen LogP contribution is 2.53. The average molecular weight is 517 g/mol. The summed E-state index contributed by atoms with van der Waals surface area (Å²) < 4.78 is 46.3. The van der Waals surface area contributed by atoms with E-state index in [1.807, 2.05) is 37.3 Å². The van der Waals surface area contributed by atoms with Gasteiger partial charge in [-0.2, -0.15) is 0 Å². The van der Waals surface area contributed by atoms with Gasteiger partial charge in [0, 0.05) is 31.1 Å². The summed E-state index contributed by atoms with van der Waals surface area (Å²) >= 11 is 0. The van der Waals surface area contributed by atoms with Crippen molar-refractivity contribution in [3.8, 4) is 5.75 Å². The number of hydrogen-bond donors (Lipinski definition) is 1. The summed E-state index contributed by atoms with van der Waals surface area (Å²) in [5.41, 5.74) is 1.23. The molecule has 0 amide bonds. The van der Waals surface area contributed by atoms with Crippen molar-refractivity contribution in [2.24, 2.45) is 5.92 Å². The van der Waals surface area contributed by atoms with Crippen LogP contribution >= 0.6 is 0 Å². The van der Waals surface area contributed by atoms with E-state index in [9.17, 15) is 5.11 Å². The average Bonchev–Trinajstić information content (AvgIpc) is 3.29. The predicted octanol–water partition coefficient (Wildman–Crippen LogP) is 5.38. The van der Waals surface area contributed by atoms with Gasteiger partial charge in [-0.25, -0.2) is 4.39 Å². The fourth-order valence-corrected chi connectivity index (χ4v) is 5.31. The minimum Gasteiger partial charge on any atom is -0.497 e. The molecule has 2 aliphatic heterocycles. The molecule has 2 bridgehead atoms. The number of halogens is 1. The van der Waals surface area contributed by atoms with E-state index in [0.717, 1.165) is 37.0 Å². The number of hydrogen-bond acceptors (Lipinski definition) is 6. The van der Waals surface area contributed by atoms with Crippen LogP contribution < -0.4 is 4.74 Å². The van der Waals surface area contributed by atoms with Crippen molar-refractivity contribution in [3.05, 3.63) is 65.0 Å². The first-order chi connectivity index (χ1) is 17.9. The summed E-state index contributed by atoms with van der Waals surface area (Å²) in [5.74, 6) is -1.01. The minimum absolute atomic E-state index is 0.157. The Balaban J connectivity index is 1.72. The maximum absolute atomic E-state index is 15.0. The van der Waals surface area contributed by atoms with Crippen LogP contribution in [0.1, 0.15) is 63.1 Å². The zero-order valence-electron chi connectivity index (χ0n) is 22.5. The van der Waals surface area contributed by atoms with Crippen molar-refractivity contribution in [1.29, 1.82) is 0 Å². The zero-order valence-corrected chi connectivity index (χ0v) is 22.5. The molecule has 0 spiro atoms. The van der Waals surface area contributed by atoms with Crippen LogP contribution in [-0.2, 0) is 31.2 Å². The standard InChI is InChI=1S/C30H41FO6/c1-5-7-15-34-27-21(3)29(19-32)20-36-30(37-29,28(27)35-16-8-6-2)24-11-14-26(31)23(18-24)17-22-9-12-25(33-4)13-10-22/h9-14,18,21,27-28,32H,5-8,15-17,19-20H2,1-4H3/t21-,27-,28?,29?,30?/m0/s1. The van der Waals surface area contributed by atoms with Gasteiger partial charge in [0.25, 0.3) is 0 Å². The first-order valence-electron chi connectivity index (χ1n) is 13.5. The Morgan fingerprint density at radius 2 is 1.73 bits per heavy atom. The number of ether oxygens (including phenoxy) is 5. The number of fused-ring (bicyclic) bond motifs is 2. The van der Waals surface area contributed by atoms with Crippen molar-refractivity contribution in [2.45, 2.75) is 76.5 Å². The fourth-order valence-electron chi connectivity index (χ4n) is 5.31. The van der Waals surface area contributed by atoms with Gasteiger partial charge in [-0.1, -0.05) is 51.8 Å². The Morgan fingerprint density at radius 3 is 2.38 bits per heavy atom. The second-order valence-electron chi connectivity index (χ2n) is 10.2. The molecule has 2 saturated heterocycles. The summed E-state index contributed by atoms with van der Waals surface area (Å²) in [4.78, 5) is 0. The maximum Gasteiger partial charge on any atom is 0.225 e. The molecule has 2 aromatic carbocycles. The number of rotatable bonds is 13. The molecule has 2 fully saturated rings. The van der Waals surface area contributed by atoms with Gasteiger partial charge in [0.05, 0.1) is 26.4 Å². The molecule has 4 rings (SSSR count). The zero-order chi connectivity index (χ0) is 26.5. The highest BCUT2D eigenvalue weighted by atomic mass is 19.1. The van der Waals surface area contributed by atoms with Crippen molar-refractivity contribution in [1.82, 2.24) is 0 Å². The fraction of sp³-hybridized carbons (Fsp3) is 0.600. The molecule has 37 heavy (non-hydrogen) atoms. The second kappa shape index (κ2) is 12.2. The highest BCUT2D eigenvalue weighted by Gasteiger charge is 2.67. The molecule has 1 N–H and O–H groups in total. The smallest absolute Gasteiger partial charge is 0.225 e. The van der Waals surface area contributed by atoms with Gasteiger partial charge in [0.1, 0.15) is 23.3 Å². The van der Waals surface area contributed by atoms with Gasteiger partial charge in [0.15, 0.2) is 0 Å². The largest absolute Gasteiger partial charge is 0.497 e. The van der Waals surface area contributed by atoms with Crippen LogP contribution in [0.5, 0.6) is 5.75 Å². The quantitative estimate of drug-likeness (QED) is 0.361. The highest BCUT2D eigenvalue weighted by molar-refractivity contribution is 5.36. The van der Waals surface area contributed by atoms with Crippen LogP contribution in [0, 0.1) is 11.7 Å². The van der Waals surface area contributed by atoms with Crippen LogP contribution in [0.2, 0.25) is 0 Å². The van der Waals surface area contributed by atoms with E-state index < -0.39 is 17.5 Å². The third kappa shape index (κ3) is 5.57. The molecule has 0 aromatic heterocycles. The Morgan fingerprint density at radius 1 is 1.03 bits per heavy atom. The molecule has 2 heterocycles. The first kappa shape index (κ1) is 28.0. The number of aliphatic hydroxyl groups is 1. The molecule has 6 nitrogen and oxygen atoms in total. The number of aliphatic hydroxyl groups excluding tert-OH is 1. The van der Waals surface area contributed by atoms with Crippen LogP contribution in [0.3, 0.4) is 0 Å². The third-order valence-corrected chi connectivity index (χ3v) is 7.75. The molecule has 3 unspecified atom stereocenters.